The van der Waals surface area contributed by atoms with Crippen molar-refractivity contribution in [3.63, 3.8) is 0 Å². The molecule has 2 aliphatic rings. The van der Waals surface area contributed by atoms with E-state index in [9.17, 15) is 4.79 Å². The van der Waals surface area contributed by atoms with Gasteiger partial charge in [0.05, 0.1) is 49.9 Å². The topological polar surface area (TPSA) is 106 Å². The molecule has 32 heavy (non-hydrogen) atoms. The molecule has 0 amide bonds. The van der Waals surface area contributed by atoms with Gasteiger partial charge in [-0.25, -0.2) is 9.97 Å². The predicted molar refractivity (Wildman–Crippen MR) is 120 cm³/mol. The maximum atomic E-state index is 12.8. The molecule has 1 unspecified atom stereocenters. The second kappa shape index (κ2) is 8.91. The van der Waals surface area contributed by atoms with Crippen LogP contribution in [-0.2, 0) is 11.8 Å². The lowest BCUT2D eigenvalue weighted by Gasteiger charge is -2.28. The van der Waals surface area contributed by atoms with Crippen molar-refractivity contribution in [1.82, 2.24) is 20.0 Å². The van der Waals surface area contributed by atoms with Crippen molar-refractivity contribution in [3.05, 3.63) is 47.0 Å². The molecule has 3 aromatic rings. The Balaban J connectivity index is 1.45. The van der Waals surface area contributed by atoms with Crippen molar-refractivity contribution >= 4 is 16.6 Å². The molecule has 1 saturated heterocycles. The Bertz CT molecular complexity index is 1190. The molecule has 10 nitrogen and oxygen atoms in total. The summed E-state index contributed by atoms with van der Waals surface area (Å²) in [5.74, 6) is 0.298. The number of hydrogen-bond acceptors (Lipinski definition) is 9. The number of morpholine rings is 1. The molecule has 0 saturated carbocycles. The van der Waals surface area contributed by atoms with Crippen molar-refractivity contribution in [3.8, 4) is 17.1 Å². The highest BCUT2D eigenvalue weighted by molar-refractivity contribution is 5.86. The first kappa shape index (κ1) is 20.4. The molecule has 0 radical (unpaired) electrons. The number of nitrogens with one attached hydrogen (secondary N) is 1. The van der Waals surface area contributed by atoms with Crippen LogP contribution >= 0.6 is 0 Å². The van der Waals surface area contributed by atoms with Crippen LogP contribution in [-0.4, -0.2) is 60.0 Å². The first-order valence-corrected chi connectivity index (χ1v) is 10.7. The van der Waals surface area contributed by atoms with E-state index in [1.807, 2.05) is 18.2 Å². The maximum absolute atomic E-state index is 12.8. The monoisotopic (exact) mass is 435 g/mol. The van der Waals surface area contributed by atoms with Crippen molar-refractivity contribution in [1.29, 1.82) is 0 Å². The quantitative estimate of drug-likeness (QED) is 0.631. The van der Waals surface area contributed by atoms with Gasteiger partial charge in [-0.15, -0.1) is 0 Å². The van der Waals surface area contributed by atoms with E-state index in [2.05, 4.69) is 37.8 Å². The van der Waals surface area contributed by atoms with Crippen LogP contribution in [0.15, 0.2) is 51.8 Å². The van der Waals surface area contributed by atoms with Crippen LogP contribution in [0, 0.1) is 0 Å². The Morgan fingerprint density at radius 3 is 2.78 bits per heavy atom. The fourth-order valence-electron chi connectivity index (χ4n) is 3.87. The number of aryl methyl sites for hydroxylation is 1. The molecule has 1 fully saturated rings. The first-order valence-electron chi connectivity index (χ1n) is 10.7. The molecule has 2 aliphatic heterocycles. The fraction of sp³-hybridized carbons (Fsp3) is 0.409. The third-order valence-electron chi connectivity index (χ3n) is 5.72. The Hall–Kier alpha value is -3.53. The molecule has 4 heterocycles. The van der Waals surface area contributed by atoms with Gasteiger partial charge in [-0.2, -0.15) is 5.11 Å². The highest BCUT2D eigenvalue weighted by atomic mass is 16.5. The Labute approximate surface area is 184 Å². The maximum Gasteiger partial charge on any atom is 0.266 e. The molecule has 1 N–H and O–H groups in total. The van der Waals surface area contributed by atoms with Crippen molar-refractivity contribution in [2.75, 3.05) is 44.4 Å². The highest BCUT2D eigenvalue weighted by Gasteiger charge is 2.17. The molecule has 166 valence electrons. The summed E-state index contributed by atoms with van der Waals surface area (Å²) < 4.78 is 12.9. The van der Waals surface area contributed by atoms with E-state index in [0.717, 1.165) is 37.6 Å². The van der Waals surface area contributed by atoms with Gasteiger partial charge in [0, 0.05) is 37.8 Å². The lowest BCUT2D eigenvalue weighted by atomic mass is 10.1. The van der Waals surface area contributed by atoms with E-state index in [0.29, 0.717) is 42.0 Å². The van der Waals surface area contributed by atoms with Crippen LogP contribution in [0.25, 0.3) is 22.2 Å². The van der Waals surface area contributed by atoms with E-state index >= 15 is 0 Å². The lowest BCUT2D eigenvalue weighted by molar-refractivity contribution is 0.122. The summed E-state index contributed by atoms with van der Waals surface area (Å²) in [4.78, 5) is 24.2. The number of benzene rings is 1. The highest BCUT2D eigenvalue weighted by Crippen LogP contribution is 2.28. The summed E-state index contributed by atoms with van der Waals surface area (Å²) in [7, 11) is 1.67. The van der Waals surface area contributed by atoms with Crippen LogP contribution < -0.4 is 20.6 Å². The number of ether oxygens (including phenoxy) is 2. The zero-order valence-electron chi connectivity index (χ0n) is 17.9. The zero-order valence-corrected chi connectivity index (χ0v) is 17.9. The minimum Gasteiger partial charge on any atom is -0.477 e. The second-order valence-corrected chi connectivity index (χ2v) is 7.88. The molecule has 10 heteroatoms. The van der Waals surface area contributed by atoms with Gasteiger partial charge in [-0.05, 0) is 18.2 Å². The minimum atomic E-state index is -0.186. The van der Waals surface area contributed by atoms with Crippen molar-refractivity contribution in [2.24, 2.45) is 17.4 Å². The number of pyridine rings is 1. The minimum absolute atomic E-state index is 0.0677. The molecular formula is C22H25N7O3. The van der Waals surface area contributed by atoms with E-state index in [1.54, 1.807) is 7.05 Å². The van der Waals surface area contributed by atoms with Crippen molar-refractivity contribution < 1.29 is 9.47 Å². The van der Waals surface area contributed by atoms with Crippen LogP contribution in [0.4, 0.5) is 5.69 Å². The first-order chi connectivity index (χ1) is 15.7. The summed E-state index contributed by atoms with van der Waals surface area (Å²) >= 11 is 0. The van der Waals surface area contributed by atoms with Crippen LogP contribution in [0.3, 0.4) is 0 Å². The molecule has 1 atom stereocenters. The average Bonchev–Trinajstić information content (AvgIpc) is 3.35. The van der Waals surface area contributed by atoms with E-state index < -0.39 is 0 Å². The third kappa shape index (κ3) is 4.13. The number of aromatic nitrogens is 3. The van der Waals surface area contributed by atoms with E-state index in [-0.39, 0.29) is 11.6 Å². The smallest absolute Gasteiger partial charge is 0.266 e. The van der Waals surface area contributed by atoms with Crippen LogP contribution in [0.5, 0.6) is 5.88 Å². The summed E-state index contributed by atoms with van der Waals surface area (Å²) in [6, 6.07) is 10.1. The zero-order chi connectivity index (χ0) is 21.9. The number of hydrogen-bond donors (Lipinski definition) is 1. The van der Waals surface area contributed by atoms with Gasteiger partial charge in [0.25, 0.3) is 5.56 Å². The summed E-state index contributed by atoms with van der Waals surface area (Å²) in [6.07, 6.45) is 2.20. The average molecular weight is 435 g/mol. The van der Waals surface area contributed by atoms with Gasteiger partial charge in [0.1, 0.15) is 5.39 Å². The molecule has 0 aliphatic carbocycles. The number of rotatable bonds is 6. The summed E-state index contributed by atoms with van der Waals surface area (Å²) in [5, 5.41) is 8.27. The number of anilines is 1. The summed E-state index contributed by atoms with van der Waals surface area (Å²) in [5.41, 5.74) is 6.02. The van der Waals surface area contributed by atoms with Crippen LogP contribution in [0.1, 0.15) is 6.42 Å². The molecule has 0 bridgehead atoms. The third-order valence-corrected chi connectivity index (χ3v) is 5.72. The standard InChI is InChI=1S/C22H25N7O3/c1-28-14-23-19-12-18(15-2-4-17(5-3-15)29-7-10-31-11-8-29)25-21(20(19)22(28)30)32-9-6-16-13-24-27-26-16/h2-5,12,14,16H,6-11,13H2,1H3,(H,24,26). The Morgan fingerprint density at radius 2 is 2.03 bits per heavy atom. The van der Waals surface area contributed by atoms with Crippen LogP contribution in [0.2, 0.25) is 0 Å². The fourth-order valence-corrected chi connectivity index (χ4v) is 3.87. The van der Waals surface area contributed by atoms with Gasteiger partial charge in [0.15, 0.2) is 0 Å². The summed E-state index contributed by atoms with van der Waals surface area (Å²) in [6.45, 7) is 4.33. The molecule has 0 spiro atoms. The van der Waals surface area contributed by atoms with Gasteiger partial charge < -0.3 is 18.9 Å². The van der Waals surface area contributed by atoms with Gasteiger partial charge in [-0.1, -0.05) is 17.4 Å². The predicted octanol–water partition coefficient (Wildman–Crippen LogP) is 1.94. The molecule has 1 aromatic carbocycles. The number of fused-ring (bicyclic) bond motifs is 1. The Morgan fingerprint density at radius 1 is 1.22 bits per heavy atom. The molecular weight excluding hydrogens is 410 g/mol. The lowest BCUT2D eigenvalue weighted by Crippen LogP contribution is -2.36. The second-order valence-electron chi connectivity index (χ2n) is 7.88. The van der Waals surface area contributed by atoms with Gasteiger partial charge in [0.2, 0.25) is 5.88 Å². The van der Waals surface area contributed by atoms with E-state index in [1.165, 1.54) is 10.9 Å². The van der Waals surface area contributed by atoms with Crippen molar-refractivity contribution in [2.45, 2.75) is 12.5 Å². The SMILES string of the molecule is Cn1cnc2cc(-c3ccc(N4CCOCC4)cc3)nc(OCCC3CNN=N3)c2c1=O. The number of nitrogens with zero attached hydrogens (tertiary/aromatic N) is 6. The largest absolute Gasteiger partial charge is 0.477 e. The molecule has 2 aromatic heterocycles. The molecule has 5 rings (SSSR count). The normalized spacial score (nSPS) is 18.2. The van der Waals surface area contributed by atoms with Gasteiger partial charge >= 0.3 is 0 Å². The van der Waals surface area contributed by atoms with Gasteiger partial charge in [-0.3, -0.25) is 10.2 Å². The van der Waals surface area contributed by atoms with E-state index in [4.69, 9.17) is 14.5 Å². The Kier molecular flexibility index (Phi) is 5.68.